The minimum absolute atomic E-state index is 0.290. The minimum atomic E-state index is -0.301. The van der Waals surface area contributed by atoms with Crippen LogP contribution in [0.5, 0.6) is 5.75 Å². The Bertz CT molecular complexity index is 1250. The maximum atomic E-state index is 13.2. The predicted octanol–water partition coefficient (Wildman–Crippen LogP) is 3.10. The van der Waals surface area contributed by atoms with E-state index in [2.05, 4.69) is 9.88 Å². The Kier molecular flexibility index (Phi) is 5.74. The van der Waals surface area contributed by atoms with Gasteiger partial charge in [0, 0.05) is 48.8 Å². The molecule has 5 rings (SSSR count). The molecule has 2 aliphatic heterocycles. The Morgan fingerprint density at radius 1 is 1.00 bits per heavy atom. The van der Waals surface area contributed by atoms with Crippen molar-refractivity contribution in [2.45, 2.75) is 6.92 Å². The van der Waals surface area contributed by atoms with Gasteiger partial charge in [0.25, 0.3) is 11.8 Å². The maximum absolute atomic E-state index is 13.2. The van der Waals surface area contributed by atoms with Crippen LogP contribution in [0.25, 0.3) is 22.0 Å². The molecule has 0 radical (unpaired) electrons. The summed E-state index contributed by atoms with van der Waals surface area (Å²) >= 11 is 0. The SMILES string of the molecule is Cc1[nH]c2ccccc2c1C1=C(c2cccc(OCCN3CCOCC3)c2)C(=O)N(C)C1=O. The lowest BCUT2D eigenvalue weighted by Gasteiger charge is -2.26. The summed E-state index contributed by atoms with van der Waals surface area (Å²) in [5.74, 6) is 0.0877. The number of imide groups is 1. The van der Waals surface area contributed by atoms with Crippen LogP contribution in [0, 0.1) is 6.92 Å². The zero-order valence-electron chi connectivity index (χ0n) is 18.9. The third-order valence-corrected chi connectivity index (χ3v) is 6.33. The van der Waals surface area contributed by atoms with E-state index in [9.17, 15) is 9.59 Å². The van der Waals surface area contributed by atoms with E-state index in [1.165, 1.54) is 11.9 Å². The summed E-state index contributed by atoms with van der Waals surface area (Å²) in [7, 11) is 1.53. The number of nitrogens with one attached hydrogen (secondary N) is 1. The first-order valence-electron chi connectivity index (χ1n) is 11.2. The van der Waals surface area contributed by atoms with Crippen molar-refractivity contribution in [2.75, 3.05) is 46.5 Å². The molecule has 3 heterocycles. The monoisotopic (exact) mass is 445 g/mol. The zero-order valence-corrected chi connectivity index (χ0v) is 18.9. The highest BCUT2D eigenvalue weighted by Gasteiger charge is 2.39. The van der Waals surface area contributed by atoms with Crippen LogP contribution in [0.2, 0.25) is 0 Å². The van der Waals surface area contributed by atoms with Crippen LogP contribution in [-0.4, -0.2) is 73.1 Å². The molecule has 0 atom stereocenters. The van der Waals surface area contributed by atoms with Crippen molar-refractivity contribution in [3.8, 4) is 5.75 Å². The predicted molar refractivity (Wildman–Crippen MR) is 127 cm³/mol. The standard InChI is InChI=1S/C26H27N3O4/c1-17-22(20-8-3-4-9-21(20)27-17)24-23(25(30)28(2)26(24)31)18-6-5-7-19(16-18)33-15-12-29-10-13-32-14-11-29/h3-9,16,27H,10-15H2,1-2H3. The Labute approximate surface area is 192 Å². The van der Waals surface area contributed by atoms with Gasteiger partial charge in [-0.1, -0.05) is 30.3 Å². The van der Waals surface area contributed by atoms with Crippen LogP contribution < -0.4 is 4.74 Å². The third kappa shape index (κ3) is 3.94. The average Bonchev–Trinajstić information content (AvgIpc) is 3.27. The molecule has 33 heavy (non-hydrogen) atoms. The summed E-state index contributed by atoms with van der Waals surface area (Å²) in [6.07, 6.45) is 0. The van der Waals surface area contributed by atoms with Crippen molar-refractivity contribution in [1.29, 1.82) is 0 Å². The zero-order chi connectivity index (χ0) is 22.9. The summed E-state index contributed by atoms with van der Waals surface area (Å²) in [4.78, 5) is 33.2. The summed E-state index contributed by atoms with van der Waals surface area (Å²) in [5, 5.41) is 0.928. The quantitative estimate of drug-likeness (QED) is 0.590. The number of hydrogen-bond acceptors (Lipinski definition) is 5. The lowest BCUT2D eigenvalue weighted by Crippen LogP contribution is -2.38. The van der Waals surface area contributed by atoms with E-state index in [-0.39, 0.29) is 11.8 Å². The number of benzene rings is 2. The molecule has 0 spiro atoms. The summed E-state index contributed by atoms with van der Waals surface area (Å²) in [6.45, 7) is 6.62. The molecule has 1 aromatic heterocycles. The number of carbonyl (C=O) groups is 2. The molecule has 2 aromatic carbocycles. The Balaban J connectivity index is 1.50. The number of aromatic amines is 1. The van der Waals surface area contributed by atoms with Gasteiger partial charge in [0.2, 0.25) is 0 Å². The molecule has 3 aromatic rings. The molecule has 0 unspecified atom stereocenters. The van der Waals surface area contributed by atoms with Crippen molar-refractivity contribution in [1.82, 2.24) is 14.8 Å². The van der Waals surface area contributed by atoms with Gasteiger partial charge in [-0.05, 0) is 30.7 Å². The van der Waals surface area contributed by atoms with E-state index >= 15 is 0 Å². The van der Waals surface area contributed by atoms with Gasteiger partial charge in [-0.15, -0.1) is 0 Å². The van der Waals surface area contributed by atoms with Crippen molar-refractivity contribution < 1.29 is 19.1 Å². The van der Waals surface area contributed by atoms with Gasteiger partial charge in [-0.25, -0.2) is 0 Å². The smallest absolute Gasteiger partial charge is 0.262 e. The average molecular weight is 446 g/mol. The molecule has 2 aliphatic rings. The van der Waals surface area contributed by atoms with E-state index in [1.54, 1.807) is 0 Å². The van der Waals surface area contributed by atoms with Gasteiger partial charge in [0.1, 0.15) is 12.4 Å². The third-order valence-electron chi connectivity index (χ3n) is 6.33. The number of aromatic nitrogens is 1. The second kappa shape index (κ2) is 8.84. The fourth-order valence-corrected chi connectivity index (χ4v) is 4.60. The van der Waals surface area contributed by atoms with E-state index in [4.69, 9.17) is 9.47 Å². The van der Waals surface area contributed by atoms with Crippen LogP contribution in [-0.2, 0) is 14.3 Å². The molecule has 7 heteroatoms. The second-order valence-electron chi connectivity index (χ2n) is 8.42. The molecule has 1 fully saturated rings. The number of nitrogens with zero attached hydrogens (tertiary/aromatic N) is 2. The Morgan fingerprint density at radius 2 is 1.76 bits per heavy atom. The molecule has 2 amide bonds. The number of rotatable bonds is 6. The van der Waals surface area contributed by atoms with Gasteiger partial charge >= 0.3 is 0 Å². The van der Waals surface area contributed by atoms with Gasteiger partial charge in [-0.3, -0.25) is 19.4 Å². The molecular formula is C26H27N3O4. The molecule has 0 saturated carbocycles. The summed E-state index contributed by atoms with van der Waals surface area (Å²) < 4.78 is 11.4. The number of H-pyrrole nitrogens is 1. The fourth-order valence-electron chi connectivity index (χ4n) is 4.60. The van der Waals surface area contributed by atoms with Gasteiger partial charge in [0.15, 0.2) is 0 Å². The van der Waals surface area contributed by atoms with Crippen LogP contribution in [0.15, 0.2) is 48.5 Å². The van der Waals surface area contributed by atoms with Gasteiger partial charge in [-0.2, -0.15) is 0 Å². The molecule has 0 bridgehead atoms. The number of ether oxygens (including phenoxy) is 2. The van der Waals surface area contributed by atoms with Crippen molar-refractivity contribution in [3.05, 3.63) is 65.4 Å². The van der Waals surface area contributed by atoms with Gasteiger partial charge < -0.3 is 14.5 Å². The number of fused-ring (bicyclic) bond motifs is 1. The van der Waals surface area contributed by atoms with Crippen LogP contribution >= 0.6 is 0 Å². The van der Waals surface area contributed by atoms with Crippen LogP contribution in [0.1, 0.15) is 16.8 Å². The molecular weight excluding hydrogens is 418 g/mol. The Morgan fingerprint density at radius 3 is 2.58 bits per heavy atom. The lowest BCUT2D eigenvalue weighted by molar-refractivity contribution is -0.134. The number of amides is 2. The fraction of sp³-hybridized carbons (Fsp3) is 0.308. The maximum Gasteiger partial charge on any atom is 0.262 e. The first-order chi connectivity index (χ1) is 16.0. The molecule has 1 saturated heterocycles. The number of morpholine rings is 1. The molecule has 0 aliphatic carbocycles. The minimum Gasteiger partial charge on any atom is -0.492 e. The summed E-state index contributed by atoms with van der Waals surface area (Å²) in [6, 6.07) is 15.3. The highest BCUT2D eigenvalue weighted by molar-refractivity contribution is 6.49. The van der Waals surface area contributed by atoms with Crippen molar-refractivity contribution in [3.63, 3.8) is 0 Å². The Hall–Kier alpha value is -3.42. The van der Waals surface area contributed by atoms with Crippen LogP contribution in [0.3, 0.4) is 0 Å². The highest BCUT2D eigenvalue weighted by Crippen LogP contribution is 2.40. The van der Waals surface area contributed by atoms with Crippen molar-refractivity contribution >= 4 is 33.9 Å². The largest absolute Gasteiger partial charge is 0.492 e. The van der Waals surface area contributed by atoms with Gasteiger partial charge in [0.05, 0.1) is 24.4 Å². The number of aryl methyl sites for hydroxylation is 1. The molecule has 170 valence electrons. The topological polar surface area (TPSA) is 74.9 Å². The summed E-state index contributed by atoms with van der Waals surface area (Å²) in [5.41, 5.74) is 4.10. The normalized spacial score (nSPS) is 17.5. The van der Waals surface area contributed by atoms with E-state index in [0.717, 1.165) is 55.0 Å². The second-order valence-corrected chi connectivity index (χ2v) is 8.42. The molecule has 1 N–H and O–H groups in total. The van der Waals surface area contributed by atoms with E-state index < -0.39 is 0 Å². The first-order valence-corrected chi connectivity index (χ1v) is 11.2. The van der Waals surface area contributed by atoms with E-state index in [1.807, 2.05) is 55.5 Å². The number of hydrogen-bond donors (Lipinski definition) is 1. The highest BCUT2D eigenvalue weighted by atomic mass is 16.5. The lowest BCUT2D eigenvalue weighted by atomic mass is 9.94. The van der Waals surface area contributed by atoms with Crippen LogP contribution in [0.4, 0.5) is 0 Å². The first kappa shape index (κ1) is 21.4. The number of carbonyl (C=O) groups excluding carboxylic acids is 2. The van der Waals surface area contributed by atoms with Crippen molar-refractivity contribution in [2.24, 2.45) is 0 Å². The number of likely N-dealkylation sites (N-methyl/N-ethyl adjacent to an activating group) is 1. The van der Waals surface area contributed by atoms with E-state index in [0.29, 0.717) is 29.1 Å². The number of para-hydroxylation sites is 1. The molecule has 7 nitrogen and oxygen atoms in total.